The summed E-state index contributed by atoms with van der Waals surface area (Å²) in [5.41, 5.74) is 0.669. The van der Waals surface area contributed by atoms with E-state index in [4.69, 9.17) is 5.11 Å². The molecule has 1 rings (SSSR count). The average Bonchev–Trinajstić information content (AvgIpc) is 2.30. The Bertz CT molecular complexity index is 306. The van der Waals surface area contributed by atoms with Gasteiger partial charge in [0.2, 0.25) is 0 Å². The fourth-order valence-electron chi connectivity index (χ4n) is 1.24. The van der Waals surface area contributed by atoms with Gasteiger partial charge in [-0.15, -0.1) is 0 Å². The zero-order chi connectivity index (χ0) is 12.0. The molecule has 0 aliphatic carbocycles. The molecule has 0 bridgehead atoms. The summed E-state index contributed by atoms with van der Waals surface area (Å²) < 4.78 is 25.2. The van der Waals surface area contributed by atoms with Gasteiger partial charge in [0, 0.05) is 6.54 Å². The standard InChI is InChI=1S/C11H15F2NO2/c12-11(13,8-15)7-14-6-10(16)9-4-2-1-3-5-9/h1-5,10,14-16H,6-8H2. The molecule has 0 fully saturated rings. The highest BCUT2D eigenvalue weighted by molar-refractivity contribution is 5.17. The van der Waals surface area contributed by atoms with Gasteiger partial charge in [0.15, 0.2) is 0 Å². The van der Waals surface area contributed by atoms with Crippen LogP contribution in [0.1, 0.15) is 11.7 Å². The van der Waals surface area contributed by atoms with Gasteiger partial charge < -0.3 is 15.5 Å². The Kier molecular flexibility index (Phi) is 4.79. The van der Waals surface area contributed by atoms with E-state index >= 15 is 0 Å². The van der Waals surface area contributed by atoms with Crippen LogP contribution in [0, 0.1) is 0 Å². The molecule has 1 atom stereocenters. The summed E-state index contributed by atoms with van der Waals surface area (Å²) in [5, 5.41) is 20.4. The lowest BCUT2D eigenvalue weighted by molar-refractivity contribution is -0.0488. The molecular weight excluding hydrogens is 216 g/mol. The quantitative estimate of drug-likeness (QED) is 0.683. The van der Waals surface area contributed by atoms with E-state index in [1.165, 1.54) is 0 Å². The second-order valence-corrected chi connectivity index (χ2v) is 3.57. The normalized spacial score (nSPS) is 13.8. The number of aliphatic hydroxyl groups excluding tert-OH is 2. The third kappa shape index (κ3) is 4.22. The van der Waals surface area contributed by atoms with Gasteiger partial charge in [0.05, 0.1) is 12.6 Å². The third-order valence-corrected chi connectivity index (χ3v) is 2.14. The minimum absolute atomic E-state index is 0.0274. The number of halogens is 2. The van der Waals surface area contributed by atoms with Crippen LogP contribution in [0.25, 0.3) is 0 Å². The van der Waals surface area contributed by atoms with Crippen molar-refractivity contribution in [3.8, 4) is 0 Å². The lowest BCUT2D eigenvalue weighted by Crippen LogP contribution is -2.37. The van der Waals surface area contributed by atoms with E-state index in [9.17, 15) is 13.9 Å². The Balaban J connectivity index is 2.34. The molecule has 0 heterocycles. The molecule has 0 radical (unpaired) electrons. The lowest BCUT2D eigenvalue weighted by atomic mass is 10.1. The van der Waals surface area contributed by atoms with Gasteiger partial charge in [0.1, 0.15) is 6.61 Å². The minimum atomic E-state index is -3.14. The van der Waals surface area contributed by atoms with Crippen molar-refractivity contribution in [3.05, 3.63) is 35.9 Å². The third-order valence-electron chi connectivity index (χ3n) is 2.14. The van der Waals surface area contributed by atoms with E-state index in [1.54, 1.807) is 24.3 Å². The fraction of sp³-hybridized carbons (Fsp3) is 0.455. The SMILES string of the molecule is OCC(F)(F)CNCC(O)c1ccccc1. The van der Waals surface area contributed by atoms with Crippen molar-refractivity contribution in [2.24, 2.45) is 0 Å². The van der Waals surface area contributed by atoms with E-state index < -0.39 is 25.2 Å². The van der Waals surface area contributed by atoms with Gasteiger partial charge in [-0.2, -0.15) is 0 Å². The zero-order valence-corrected chi connectivity index (χ0v) is 8.74. The molecule has 0 aliphatic heterocycles. The van der Waals surface area contributed by atoms with E-state index in [1.807, 2.05) is 6.07 Å². The number of aliphatic hydroxyl groups is 2. The van der Waals surface area contributed by atoms with E-state index in [0.717, 1.165) is 0 Å². The van der Waals surface area contributed by atoms with Crippen molar-refractivity contribution in [1.29, 1.82) is 0 Å². The summed E-state index contributed by atoms with van der Waals surface area (Å²) in [6.45, 7) is -1.81. The number of hydrogen-bond donors (Lipinski definition) is 3. The molecular formula is C11H15F2NO2. The fourth-order valence-corrected chi connectivity index (χ4v) is 1.24. The molecule has 0 aliphatic rings. The van der Waals surface area contributed by atoms with Crippen LogP contribution in [-0.2, 0) is 0 Å². The summed E-state index contributed by atoms with van der Waals surface area (Å²) in [6.07, 6.45) is -0.823. The molecule has 0 saturated carbocycles. The molecule has 0 spiro atoms. The maximum absolute atomic E-state index is 12.6. The van der Waals surface area contributed by atoms with Crippen molar-refractivity contribution in [2.45, 2.75) is 12.0 Å². The lowest BCUT2D eigenvalue weighted by Gasteiger charge is -2.16. The van der Waals surface area contributed by atoms with Crippen LogP contribution in [0.15, 0.2) is 30.3 Å². The molecule has 16 heavy (non-hydrogen) atoms. The molecule has 0 aromatic heterocycles. The van der Waals surface area contributed by atoms with Gasteiger partial charge >= 0.3 is 0 Å². The molecule has 90 valence electrons. The summed E-state index contributed by atoms with van der Waals surface area (Å²) >= 11 is 0. The smallest absolute Gasteiger partial charge is 0.282 e. The summed E-state index contributed by atoms with van der Waals surface area (Å²) in [7, 11) is 0. The van der Waals surface area contributed by atoms with Gasteiger partial charge in [-0.1, -0.05) is 30.3 Å². The van der Waals surface area contributed by atoms with Crippen LogP contribution in [0.5, 0.6) is 0 Å². The van der Waals surface area contributed by atoms with Gasteiger partial charge in [0.25, 0.3) is 5.92 Å². The molecule has 0 amide bonds. The molecule has 0 saturated heterocycles. The summed E-state index contributed by atoms with van der Waals surface area (Å²) in [6, 6.07) is 8.78. The number of benzene rings is 1. The van der Waals surface area contributed by atoms with Crippen LogP contribution >= 0.6 is 0 Å². The number of alkyl halides is 2. The maximum Gasteiger partial charge on any atom is 0.282 e. The molecule has 5 heteroatoms. The first-order valence-electron chi connectivity index (χ1n) is 4.97. The largest absolute Gasteiger partial charge is 0.390 e. The van der Waals surface area contributed by atoms with Crippen LogP contribution in [0.4, 0.5) is 8.78 Å². The first kappa shape index (κ1) is 13.0. The molecule has 3 nitrogen and oxygen atoms in total. The van der Waals surface area contributed by atoms with Crippen LogP contribution in [0.2, 0.25) is 0 Å². The van der Waals surface area contributed by atoms with Gasteiger partial charge in [-0.25, -0.2) is 8.78 Å². The highest BCUT2D eigenvalue weighted by Gasteiger charge is 2.27. The topological polar surface area (TPSA) is 52.5 Å². The van der Waals surface area contributed by atoms with Crippen LogP contribution in [-0.4, -0.2) is 35.8 Å². The van der Waals surface area contributed by atoms with Crippen molar-refractivity contribution in [2.75, 3.05) is 19.7 Å². The summed E-state index contributed by atoms with van der Waals surface area (Å²) in [4.78, 5) is 0. The zero-order valence-electron chi connectivity index (χ0n) is 8.74. The second kappa shape index (κ2) is 5.89. The number of hydrogen-bond acceptors (Lipinski definition) is 3. The van der Waals surface area contributed by atoms with Crippen LogP contribution < -0.4 is 5.32 Å². The monoisotopic (exact) mass is 231 g/mol. The van der Waals surface area contributed by atoms with E-state index in [0.29, 0.717) is 5.56 Å². The van der Waals surface area contributed by atoms with Crippen molar-refractivity contribution in [3.63, 3.8) is 0 Å². The van der Waals surface area contributed by atoms with E-state index in [-0.39, 0.29) is 6.54 Å². The minimum Gasteiger partial charge on any atom is -0.390 e. The second-order valence-electron chi connectivity index (χ2n) is 3.57. The van der Waals surface area contributed by atoms with Crippen molar-refractivity contribution < 1.29 is 19.0 Å². The predicted octanol–water partition coefficient (Wildman–Crippen LogP) is 0.937. The Morgan fingerprint density at radius 2 is 1.88 bits per heavy atom. The van der Waals surface area contributed by atoms with Gasteiger partial charge in [-0.3, -0.25) is 0 Å². The molecule has 1 aromatic rings. The number of nitrogens with one attached hydrogen (secondary N) is 1. The number of rotatable bonds is 6. The van der Waals surface area contributed by atoms with Crippen LogP contribution in [0.3, 0.4) is 0 Å². The van der Waals surface area contributed by atoms with Crippen molar-refractivity contribution >= 4 is 0 Å². The summed E-state index contributed by atoms with van der Waals surface area (Å²) in [5.74, 6) is -3.14. The molecule has 1 aromatic carbocycles. The Morgan fingerprint density at radius 1 is 1.25 bits per heavy atom. The Hall–Kier alpha value is -1.04. The highest BCUT2D eigenvalue weighted by atomic mass is 19.3. The molecule has 3 N–H and O–H groups in total. The maximum atomic E-state index is 12.6. The molecule has 1 unspecified atom stereocenters. The Morgan fingerprint density at radius 3 is 2.44 bits per heavy atom. The van der Waals surface area contributed by atoms with Gasteiger partial charge in [-0.05, 0) is 5.56 Å². The average molecular weight is 231 g/mol. The Labute approximate surface area is 92.7 Å². The predicted molar refractivity (Wildman–Crippen MR) is 56.3 cm³/mol. The van der Waals surface area contributed by atoms with E-state index in [2.05, 4.69) is 5.32 Å². The first-order valence-corrected chi connectivity index (χ1v) is 4.97. The highest BCUT2D eigenvalue weighted by Crippen LogP contribution is 2.13. The van der Waals surface area contributed by atoms with Crippen molar-refractivity contribution in [1.82, 2.24) is 5.32 Å². The first-order chi connectivity index (χ1) is 7.55.